The smallest absolute Gasteiger partial charge is 0.239 e. The van der Waals surface area contributed by atoms with Crippen molar-refractivity contribution in [3.63, 3.8) is 0 Å². The fourth-order valence-corrected chi connectivity index (χ4v) is 1.83. The number of halogens is 1. The monoisotopic (exact) mass is 275 g/mol. The second kappa shape index (κ2) is 6.75. The second-order valence-corrected chi connectivity index (χ2v) is 4.29. The van der Waals surface area contributed by atoms with Crippen molar-refractivity contribution in [2.24, 2.45) is 0 Å². The molecule has 0 bridgehead atoms. The van der Waals surface area contributed by atoms with Gasteiger partial charge in [0.1, 0.15) is 11.6 Å². The minimum atomic E-state index is -0.186. The topological polar surface area (TPSA) is 60.2 Å². The van der Waals surface area contributed by atoms with Crippen molar-refractivity contribution in [2.45, 2.75) is 13.3 Å². The van der Waals surface area contributed by atoms with Gasteiger partial charge in [-0.25, -0.2) is 4.39 Å². The quantitative estimate of drug-likeness (QED) is 0.851. The van der Waals surface area contributed by atoms with E-state index in [4.69, 9.17) is 10.5 Å². The zero-order chi connectivity index (χ0) is 14.4. The lowest BCUT2D eigenvalue weighted by atomic mass is 10.1. The maximum Gasteiger partial charge on any atom is 0.239 e. The van der Waals surface area contributed by atoms with Crippen LogP contribution in [0.4, 0.5) is 15.9 Å². The van der Waals surface area contributed by atoms with Crippen LogP contribution in [0.25, 0.3) is 0 Å². The maximum absolute atomic E-state index is 13.5. The van der Waals surface area contributed by atoms with E-state index in [2.05, 4.69) is 10.3 Å². The highest BCUT2D eigenvalue weighted by Crippen LogP contribution is 2.20. The summed E-state index contributed by atoms with van der Waals surface area (Å²) in [5.74, 6) is 0.900. The predicted octanol–water partition coefficient (Wildman–Crippen LogP) is 2.86. The molecule has 2 rings (SSSR count). The SMILES string of the molecule is CCOc1nc(NCCc2ccccc2F)ccc1N. The molecule has 1 heterocycles. The summed E-state index contributed by atoms with van der Waals surface area (Å²) in [6.45, 7) is 2.97. The third kappa shape index (κ3) is 3.60. The van der Waals surface area contributed by atoms with E-state index in [1.54, 1.807) is 24.3 Å². The van der Waals surface area contributed by atoms with Crippen LogP contribution in [0.15, 0.2) is 36.4 Å². The molecule has 0 aliphatic carbocycles. The molecule has 20 heavy (non-hydrogen) atoms. The van der Waals surface area contributed by atoms with Gasteiger partial charge in [-0.3, -0.25) is 0 Å². The first kappa shape index (κ1) is 14.1. The summed E-state index contributed by atoms with van der Waals surface area (Å²) in [5.41, 5.74) is 6.94. The Morgan fingerprint density at radius 2 is 2.05 bits per heavy atom. The Bertz CT molecular complexity index is 575. The highest BCUT2D eigenvalue weighted by atomic mass is 19.1. The summed E-state index contributed by atoms with van der Waals surface area (Å²) in [6.07, 6.45) is 0.586. The minimum absolute atomic E-state index is 0.186. The van der Waals surface area contributed by atoms with Gasteiger partial charge in [-0.15, -0.1) is 0 Å². The Kier molecular flexibility index (Phi) is 4.76. The van der Waals surface area contributed by atoms with E-state index in [0.717, 1.165) is 0 Å². The largest absolute Gasteiger partial charge is 0.476 e. The number of hydrogen-bond donors (Lipinski definition) is 2. The average Bonchev–Trinajstić information content (AvgIpc) is 2.45. The molecule has 0 radical (unpaired) electrons. The molecule has 0 saturated heterocycles. The molecule has 0 aliphatic heterocycles. The van der Waals surface area contributed by atoms with E-state index in [1.165, 1.54) is 6.07 Å². The first-order valence-corrected chi connectivity index (χ1v) is 6.57. The highest BCUT2D eigenvalue weighted by molar-refractivity contribution is 5.53. The van der Waals surface area contributed by atoms with Crippen LogP contribution < -0.4 is 15.8 Å². The van der Waals surface area contributed by atoms with Gasteiger partial charge in [0.25, 0.3) is 0 Å². The fraction of sp³-hybridized carbons (Fsp3) is 0.267. The molecule has 2 aromatic rings. The Balaban J connectivity index is 1.94. The fourth-order valence-electron chi connectivity index (χ4n) is 1.83. The minimum Gasteiger partial charge on any atom is -0.476 e. The molecule has 0 aliphatic rings. The van der Waals surface area contributed by atoms with E-state index in [1.807, 2.05) is 13.0 Å². The van der Waals surface area contributed by atoms with Gasteiger partial charge in [-0.2, -0.15) is 4.98 Å². The molecule has 5 heteroatoms. The van der Waals surface area contributed by atoms with Gasteiger partial charge in [0.05, 0.1) is 12.3 Å². The number of hydrogen-bond acceptors (Lipinski definition) is 4. The van der Waals surface area contributed by atoms with Crippen molar-refractivity contribution in [3.8, 4) is 5.88 Å². The third-order valence-electron chi connectivity index (χ3n) is 2.83. The zero-order valence-electron chi connectivity index (χ0n) is 11.4. The molecule has 0 spiro atoms. The summed E-state index contributed by atoms with van der Waals surface area (Å²) in [6, 6.07) is 10.3. The van der Waals surface area contributed by atoms with Gasteiger partial charge < -0.3 is 15.8 Å². The van der Waals surface area contributed by atoms with Gasteiger partial charge in [0, 0.05) is 6.54 Å². The summed E-state index contributed by atoms with van der Waals surface area (Å²) in [5, 5.41) is 3.13. The average molecular weight is 275 g/mol. The number of nitrogen functional groups attached to an aromatic ring is 1. The zero-order valence-corrected chi connectivity index (χ0v) is 11.4. The maximum atomic E-state index is 13.5. The molecule has 0 amide bonds. The number of nitrogens with one attached hydrogen (secondary N) is 1. The van der Waals surface area contributed by atoms with Gasteiger partial charge >= 0.3 is 0 Å². The van der Waals surface area contributed by atoms with E-state index < -0.39 is 0 Å². The lowest BCUT2D eigenvalue weighted by Gasteiger charge is -2.10. The number of ether oxygens (including phenoxy) is 1. The number of pyridine rings is 1. The van der Waals surface area contributed by atoms with E-state index in [9.17, 15) is 4.39 Å². The van der Waals surface area contributed by atoms with Crippen LogP contribution in [0.3, 0.4) is 0 Å². The molecule has 4 nitrogen and oxygen atoms in total. The summed E-state index contributed by atoms with van der Waals surface area (Å²) in [7, 11) is 0. The van der Waals surface area contributed by atoms with Crippen molar-refractivity contribution >= 4 is 11.5 Å². The summed E-state index contributed by atoms with van der Waals surface area (Å²) in [4.78, 5) is 4.26. The van der Waals surface area contributed by atoms with Crippen LogP contribution in [0.5, 0.6) is 5.88 Å². The lowest BCUT2D eigenvalue weighted by molar-refractivity contribution is 0.329. The number of nitrogens with zero attached hydrogens (tertiary/aromatic N) is 1. The third-order valence-corrected chi connectivity index (χ3v) is 2.83. The van der Waals surface area contributed by atoms with Crippen LogP contribution >= 0.6 is 0 Å². The van der Waals surface area contributed by atoms with Gasteiger partial charge in [0.15, 0.2) is 0 Å². The van der Waals surface area contributed by atoms with Crippen molar-refractivity contribution in [3.05, 3.63) is 47.8 Å². The van der Waals surface area contributed by atoms with Crippen molar-refractivity contribution in [1.82, 2.24) is 4.98 Å². The summed E-state index contributed by atoms with van der Waals surface area (Å²) < 4.78 is 18.8. The number of anilines is 2. The Hall–Kier alpha value is -2.30. The van der Waals surface area contributed by atoms with Crippen LogP contribution in [0.1, 0.15) is 12.5 Å². The molecule has 0 fully saturated rings. The van der Waals surface area contributed by atoms with Gasteiger partial charge in [-0.05, 0) is 37.1 Å². The van der Waals surface area contributed by atoms with Crippen LogP contribution in [-0.2, 0) is 6.42 Å². The van der Waals surface area contributed by atoms with Gasteiger partial charge in [0.2, 0.25) is 5.88 Å². The van der Waals surface area contributed by atoms with Crippen molar-refractivity contribution in [1.29, 1.82) is 0 Å². The Morgan fingerprint density at radius 3 is 2.80 bits per heavy atom. The normalized spacial score (nSPS) is 10.3. The number of benzene rings is 1. The first-order valence-electron chi connectivity index (χ1n) is 6.57. The van der Waals surface area contributed by atoms with Crippen molar-refractivity contribution < 1.29 is 9.13 Å². The lowest BCUT2D eigenvalue weighted by Crippen LogP contribution is -2.08. The van der Waals surface area contributed by atoms with Crippen molar-refractivity contribution in [2.75, 3.05) is 24.2 Å². The molecule has 1 aromatic heterocycles. The molecule has 1 aromatic carbocycles. The molecular weight excluding hydrogens is 257 g/mol. The standard InChI is InChI=1S/C15H18FN3O/c1-2-20-15-13(17)7-8-14(19-15)18-10-9-11-5-3-4-6-12(11)16/h3-8H,2,9-10,17H2,1H3,(H,18,19). The molecular formula is C15H18FN3O. The van der Waals surface area contributed by atoms with Crippen LogP contribution in [0, 0.1) is 5.82 Å². The number of rotatable bonds is 6. The predicted molar refractivity (Wildman–Crippen MR) is 78.4 cm³/mol. The van der Waals surface area contributed by atoms with E-state index in [-0.39, 0.29) is 5.82 Å². The highest BCUT2D eigenvalue weighted by Gasteiger charge is 2.04. The Labute approximate surface area is 117 Å². The van der Waals surface area contributed by atoms with Gasteiger partial charge in [-0.1, -0.05) is 18.2 Å². The van der Waals surface area contributed by atoms with E-state index in [0.29, 0.717) is 42.5 Å². The molecule has 106 valence electrons. The summed E-state index contributed by atoms with van der Waals surface area (Å²) >= 11 is 0. The van der Waals surface area contributed by atoms with Crippen LogP contribution in [0.2, 0.25) is 0 Å². The second-order valence-electron chi connectivity index (χ2n) is 4.29. The Morgan fingerprint density at radius 1 is 1.25 bits per heavy atom. The molecule has 0 unspecified atom stereocenters. The van der Waals surface area contributed by atoms with E-state index >= 15 is 0 Å². The number of aromatic nitrogens is 1. The molecule has 0 saturated carbocycles. The molecule has 3 N–H and O–H groups in total. The molecule has 0 atom stereocenters. The first-order chi connectivity index (χ1) is 9.70. The number of nitrogens with two attached hydrogens (primary N) is 1. The van der Waals surface area contributed by atoms with Crippen LogP contribution in [-0.4, -0.2) is 18.1 Å².